The van der Waals surface area contributed by atoms with Crippen LogP contribution in [0.5, 0.6) is 11.5 Å². The Morgan fingerprint density at radius 2 is 2.22 bits per heavy atom. The van der Waals surface area contributed by atoms with Gasteiger partial charge in [-0.1, -0.05) is 6.08 Å². The van der Waals surface area contributed by atoms with Gasteiger partial charge in [0.25, 0.3) is 0 Å². The molecule has 0 amide bonds. The molecular weight excluding hydrogens is 232 g/mol. The van der Waals surface area contributed by atoms with Gasteiger partial charge in [-0.3, -0.25) is 4.79 Å². The monoisotopic (exact) mass is 248 g/mol. The van der Waals surface area contributed by atoms with E-state index in [2.05, 4.69) is 0 Å². The van der Waals surface area contributed by atoms with Crippen LogP contribution in [0.15, 0.2) is 18.2 Å². The van der Waals surface area contributed by atoms with E-state index in [1.54, 1.807) is 25.1 Å². The van der Waals surface area contributed by atoms with Crippen molar-refractivity contribution < 1.29 is 19.4 Å². The minimum Gasteiger partial charge on any atom is -0.493 e. The fraction of sp³-hybridized carbons (Fsp3) is 0.357. The number of benzene rings is 1. The first-order valence-corrected chi connectivity index (χ1v) is 5.71. The Kier molecular flexibility index (Phi) is 3.13. The number of carbonyl (C=O) groups is 1. The summed E-state index contributed by atoms with van der Waals surface area (Å²) in [6.07, 6.45) is 3.61. The summed E-state index contributed by atoms with van der Waals surface area (Å²) in [4.78, 5) is 11.4. The molecule has 1 aliphatic rings. The van der Waals surface area contributed by atoms with Gasteiger partial charge in [-0.2, -0.15) is 0 Å². The van der Waals surface area contributed by atoms with E-state index >= 15 is 0 Å². The Morgan fingerprint density at radius 1 is 1.50 bits per heavy atom. The predicted molar refractivity (Wildman–Crippen MR) is 68.2 cm³/mol. The van der Waals surface area contributed by atoms with Crippen molar-refractivity contribution in [3.8, 4) is 11.5 Å². The number of aliphatic hydroxyl groups excluding tert-OH is 1. The summed E-state index contributed by atoms with van der Waals surface area (Å²) in [6.45, 7) is 3.16. The number of rotatable bonds is 3. The summed E-state index contributed by atoms with van der Waals surface area (Å²) in [7, 11) is 1.53. The summed E-state index contributed by atoms with van der Waals surface area (Å²) >= 11 is 0. The van der Waals surface area contributed by atoms with Gasteiger partial charge in [-0.15, -0.1) is 0 Å². The number of aliphatic hydroxyl groups is 1. The Balaban J connectivity index is 2.54. The van der Waals surface area contributed by atoms with Gasteiger partial charge >= 0.3 is 0 Å². The number of ketones is 1. The highest BCUT2D eigenvalue weighted by Crippen LogP contribution is 2.39. The lowest BCUT2D eigenvalue weighted by molar-refractivity contribution is 0.0614. The molecule has 0 radical (unpaired) electrons. The Hall–Kier alpha value is -1.81. The minimum atomic E-state index is -0.752. The second-order valence-corrected chi connectivity index (χ2v) is 4.56. The molecule has 1 aromatic carbocycles. The summed E-state index contributed by atoms with van der Waals surface area (Å²) in [5.74, 6) is 1.03. The van der Waals surface area contributed by atoms with Gasteiger partial charge in [0, 0.05) is 11.1 Å². The zero-order valence-corrected chi connectivity index (χ0v) is 10.7. The molecule has 0 saturated carbocycles. The van der Waals surface area contributed by atoms with Crippen LogP contribution in [0.1, 0.15) is 29.8 Å². The molecule has 1 heterocycles. The first kappa shape index (κ1) is 12.6. The maximum absolute atomic E-state index is 11.4. The van der Waals surface area contributed by atoms with E-state index in [0.29, 0.717) is 17.1 Å². The third kappa shape index (κ3) is 2.11. The predicted octanol–water partition coefficient (Wildman–Crippen LogP) is 2.05. The quantitative estimate of drug-likeness (QED) is 0.832. The van der Waals surface area contributed by atoms with Crippen molar-refractivity contribution in [3.05, 3.63) is 29.3 Å². The molecule has 96 valence electrons. The van der Waals surface area contributed by atoms with Crippen LogP contribution in [-0.2, 0) is 0 Å². The maximum atomic E-state index is 11.4. The van der Waals surface area contributed by atoms with Crippen molar-refractivity contribution in [3.63, 3.8) is 0 Å². The van der Waals surface area contributed by atoms with Gasteiger partial charge in [-0.25, -0.2) is 0 Å². The van der Waals surface area contributed by atoms with Crippen LogP contribution < -0.4 is 9.47 Å². The molecule has 0 aliphatic carbocycles. The maximum Gasteiger partial charge on any atom is 0.169 e. The Bertz CT molecular complexity index is 519. The highest BCUT2D eigenvalue weighted by atomic mass is 16.5. The number of hydrogen-bond acceptors (Lipinski definition) is 4. The SMILES string of the molecule is COc1cc(C(C)=O)cc2c1OC(C)(CO)C=C2. The largest absolute Gasteiger partial charge is 0.493 e. The van der Waals surface area contributed by atoms with Crippen molar-refractivity contribution in [1.82, 2.24) is 0 Å². The molecule has 0 fully saturated rings. The number of Topliss-reactive ketones (excluding diaryl/α,β-unsaturated/α-hetero) is 1. The molecule has 0 bridgehead atoms. The lowest BCUT2D eigenvalue weighted by atomic mass is 9.98. The third-order valence-electron chi connectivity index (χ3n) is 2.97. The van der Waals surface area contributed by atoms with E-state index in [-0.39, 0.29) is 12.4 Å². The highest BCUT2D eigenvalue weighted by molar-refractivity contribution is 5.95. The molecule has 1 atom stereocenters. The van der Waals surface area contributed by atoms with Crippen molar-refractivity contribution in [2.75, 3.05) is 13.7 Å². The number of fused-ring (bicyclic) bond motifs is 1. The average molecular weight is 248 g/mol. The van der Waals surface area contributed by atoms with Crippen LogP contribution >= 0.6 is 0 Å². The van der Waals surface area contributed by atoms with Crippen LogP contribution in [0.4, 0.5) is 0 Å². The van der Waals surface area contributed by atoms with Crippen LogP contribution in [0.25, 0.3) is 6.08 Å². The fourth-order valence-corrected chi connectivity index (χ4v) is 1.83. The van der Waals surface area contributed by atoms with Crippen molar-refractivity contribution in [2.24, 2.45) is 0 Å². The van der Waals surface area contributed by atoms with E-state index in [0.717, 1.165) is 5.56 Å². The van der Waals surface area contributed by atoms with Crippen molar-refractivity contribution in [2.45, 2.75) is 19.4 Å². The molecule has 1 N–H and O–H groups in total. The molecule has 4 nitrogen and oxygen atoms in total. The highest BCUT2D eigenvalue weighted by Gasteiger charge is 2.29. The van der Waals surface area contributed by atoms with Crippen LogP contribution in [0, 0.1) is 0 Å². The summed E-state index contributed by atoms with van der Waals surface area (Å²) in [6, 6.07) is 3.41. The lowest BCUT2D eigenvalue weighted by Gasteiger charge is -2.30. The molecule has 1 aromatic rings. The van der Waals surface area contributed by atoms with E-state index in [1.807, 2.05) is 6.08 Å². The molecule has 0 saturated heterocycles. The second-order valence-electron chi connectivity index (χ2n) is 4.56. The molecule has 0 spiro atoms. The number of ether oxygens (including phenoxy) is 2. The zero-order valence-electron chi connectivity index (χ0n) is 10.7. The van der Waals surface area contributed by atoms with Gasteiger partial charge < -0.3 is 14.6 Å². The third-order valence-corrected chi connectivity index (χ3v) is 2.97. The van der Waals surface area contributed by atoms with Gasteiger partial charge in [0.1, 0.15) is 5.60 Å². The summed E-state index contributed by atoms with van der Waals surface area (Å²) in [5.41, 5.74) is 0.606. The number of carbonyl (C=O) groups excluding carboxylic acids is 1. The van der Waals surface area contributed by atoms with E-state index in [9.17, 15) is 9.90 Å². The van der Waals surface area contributed by atoms with Gasteiger partial charge in [0.2, 0.25) is 0 Å². The minimum absolute atomic E-state index is 0.0278. The van der Waals surface area contributed by atoms with Crippen LogP contribution in [0.3, 0.4) is 0 Å². The lowest BCUT2D eigenvalue weighted by Crippen LogP contribution is -2.36. The summed E-state index contributed by atoms with van der Waals surface area (Å²) in [5, 5.41) is 9.31. The fourth-order valence-electron chi connectivity index (χ4n) is 1.83. The molecule has 0 aromatic heterocycles. The smallest absolute Gasteiger partial charge is 0.169 e. The van der Waals surface area contributed by atoms with E-state index in [1.165, 1.54) is 14.0 Å². The first-order chi connectivity index (χ1) is 8.49. The first-order valence-electron chi connectivity index (χ1n) is 5.71. The topological polar surface area (TPSA) is 55.8 Å². The van der Waals surface area contributed by atoms with Crippen molar-refractivity contribution >= 4 is 11.9 Å². The Morgan fingerprint density at radius 3 is 2.78 bits per heavy atom. The van der Waals surface area contributed by atoms with Crippen molar-refractivity contribution in [1.29, 1.82) is 0 Å². The average Bonchev–Trinajstić information content (AvgIpc) is 2.37. The van der Waals surface area contributed by atoms with Gasteiger partial charge in [0.15, 0.2) is 17.3 Å². The van der Waals surface area contributed by atoms with Crippen LogP contribution in [0.2, 0.25) is 0 Å². The van der Waals surface area contributed by atoms with E-state index in [4.69, 9.17) is 9.47 Å². The molecule has 1 aliphatic heterocycles. The molecule has 1 unspecified atom stereocenters. The second kappa shape index (κ2) is 4.46. The normalized spacial score (nSPS) is 21.1. The molecule has 18 heavy (non-hydrogen) atoms. The standard InChI is InChI=1S/C14H16O4/c1-9(16)11-6-10-4-5-14(2,8-15)18-13(10)12(7-11)17-3/h4-7,15H,8H2,1-3H3. The number of hydrogen-bond donors (Lipinski definition) is 1. The Labute approximate surface area is 106 Å². The number of methoxy groups -OCH3 is 1. The molecule has 4 heteroatoms. The van der Waals surface area contributed by atoms with Crippen LogP contribution in [-0.4, -0.2) is 30.2 Å². The molecule has 2 rings (SSSR count). The van der Waals surface area contributed by atoms with Gasteiger partial charge in [0.05, 0.1) is 13.7 Å². The van der Waals surface area contributed by atoms with E-state index < -0.39 is 5.60 Å². The zero-order chi connectivity index (χ0) is 13.3. The summed E-state index contributed by atoms with van der Waals surface area (Å²) < 4.78 is 11.0. The molecular formula is C14H16O4. The van der Waals surface area contributed by atoms with Gasteiger partial charge in [-0.05, 0) is 32.1 Å².